The molecule has 0 spiro atoms. The Morgan fingerprint density at radius 3 is 2.31 bits per heavy atom. The van der Waals surface area contributed by atoms with E-state index in [0.717, 1.165) is 11.1 Å². The summed E-state index contributed by atoms with van der Waals surface area (Å²) in [6, 6.07) is 10.5. The zero-order valence-electron chi connectivity index (χ0n) is 16.5. The Balaban J connectivity index is 1.88. The lowest BCUT2D eigenvalue weighted by Gasteiger charge is -2.14. The average molecular weight is 398 g/mol. The van der Waals surface area contributed by atoms with Gasteiger partial charge in [-0.05, 0) is 28.7 Å². The molecule has 5 N–H and O–H groups in total. The average Bonchev–Trinajstić information content (AvgIpc) is 3.03. The van der Waals surface area contributed by atoms with Gasteiger partial charge in [-0.2, -0.15) is 0 Å². The van der Waals surface area contributed by atoms with Crippen molar-refractivity contribution in [3.05, 3.63) is 53.1 Å². The number of aliphatic hydroxyl groups excluding tert-OH is 1. The van der Waals surface area contributed by atoms with Crippen molar-refractivity contribution in [2.24, 2.45) is 0 Å². The molecule has 0 bridgehead atoms. The number of nitrogens with one attached hydrogen (secondary N) is 1. The SMILES string of the molecule is CC(C)c1cc(-c2nnc(O)n2Cc2ccc(CNCCO)cc2)c(O)cc1O. The summed E-state index contributed by atoms with van der Waals surface area (Å²) in [5.41, 5.74) is 3.07. The van der Waals surface area contributed by atoms with E-state index in [-0.39, 0.29) is 30.0 Å². The summed E-state index contributed by atoms with van der Waals surface area (Å²) in [5, 5.41) is 50.3. The van der Waals surface area contributed by atoms with Crippen LogP contribution in [0.3, 0.4) is 0 Å². The molecule has 154 valence electrons. The quantitative estimate of drug-likeness (QED) is 0.369. The van der Waals surface area contributed by atoms with Gasteiger partial charge in [0.05, 0.1) is 18.7 Å². The molecule has 1 heterocycles. The summed E-state index contributed by atoms with van der Waals surface area (Å²) >= 11 is 0. The number of benzene rings is 2. The van der Waals surface area contributed by atoms with Gasteiger partial charge in [-0.15, -0.1) is 5.10 Å². The highest BCUT2D eigenvalue weighted by Gasteiger charge is 2.20. The number of rotatable bonds is 8. The van der Waals surface area contributed by atoms with Crippen molar-refractivity contribution in [1.82, 2.24) is 20.1 Å². The second kappa shape index (κ2) is 8.93. The summed E-state index contributed by atoms with van der Waals surface area (Å²) in [5.74, 6) is 0.245. The van der Waals surface area contributed by atoms with Crippen molar-refractivity contribution in [2.75, 3.05) is 13.2 Å². The minimum absolute atomic E-state index is 0.0157. The Morgan fingerprint density at radius 2 is 1.66 bits per heavy atom. The van der Waals surface area contributed by atoms with Gasteiger partial charge in [0, 0.05) is 19.2 Å². The molecule has 0 aliphatic carbocycles. The lowest BCUT2D eigenvalue weighted by Crippen LogP contribution is -2.17. The molecule has 0 amide bonds. The van der Waals surface area contributed by atoms with E-state index in [1.165, 1.54) is 10.6 Å². The molecule has 0 unspecified atom stereocenters. The Morgan fingerprint density at radius 1 is 0.966 bits per heavy atom. The Bertz CT molecular complexity index is 968. The molecule has 1 aromatic heterocycles. The number of hydrogen-bond donors (Lipinski definition) is 5. The second-order valence-electron chi connectivity index (χ2n) is 7.21. The Labute approximate surface area is 169 Å². The van der Waals surface area contributed by atoms with Gasteiger partial charge in [-0.3, -0.25) is 4.57 Å². The van der Waals surface area contributed by atoms with Crippen LogP contribution in [0.1, 0.15) is 36.5 Å². The van der Waals surface area contributed by atoms with Crippen LogP contribution < -0.4 is 5.32 Å². The van der Waals surface area contributed by atoms with E-state index in [2.05, 4.69) is 15.5 Å². The van der Waals surface area contributed by atoms with Crippen LogP contribution in [-0.2, 0) is 13.1 Å². The first-order chi connectivity index (χ1) is 13.9. The predicted octanol–water partition coefficient (Wildman–Crippen LogP) is 2.32. The van der Waals surface area contributed by atoms with Gasteiger partial charge in [0.25, 0.3) is 0 Å². The van der Waals surface area contributed by atoms with Crippen molar-refractivity contribution in [3.8, 4) is 28.9 Å². The second-order valence-corrected chi connectivity index (χ2v) is 7.21. The fourth-order valence-corrected chi connectivity index (χ4v) is 3.13. The Kier molecular flexibility index (Phi) is 6.36. The predicted molar refractivity (Wildman–Crippen MR) is 109 cm³/mol. The molecule has 2 aromatic carbocycles. The molecule has 0 saturated heterocycles. The minimum Gasteiger partial charge on any atom is -0.508 e. The van der Waals surface area contributed by atoms with Crippen LogP contribution >= 0.6 is 0 Å². The first-order valence-corrected chi connectivity index (χ1v) is 9.48. The first-order valence-electron chi connectivity index (χ1n) is 9.48. The van der Waals surface area contributed by atoms with Crippen LogP contribution in [0.4, 0.5) is 0 Å². The van der Waals surface area contributed by atoms with Gasteiger partial charge in [0.1, 0.15) is 11.5 Å². The molecule has 0 atom stereocenters. The summed E-state index contributed by atoms with van der Waals surface area (Å²) in [6.07, 6.45) is 0. The molecule has 0 radical (unpaired) electrons. The molecule has 0 aliphatic heterocycles. The topological polar surface area (TPSA) is 124 Å². The fraction of sp³-hybridized carbons (Fsp3) is 0.333. The van der Waals surface area contributed by atoms with Gasteiger partial charge in [0.15, 0.2) is 5.82 Å². The number of phenolic OH excluding ortho intramolecular Hbond substituents is 2. The van der Waals surface area contributed by atoms with E-state index < -0.39 is 0 Å². The molecule has 3 aromatic rings. The van der Waals surface area contributed by atoms with Gasteiger partial charge in [-0.25, -0.2) is 0 Å². The third-order valence-electron chi connectivity index (χ3n) is 4.72. The van der Waals surface area contributed by atoms with E-state index in [9.17, 15) is 15.3 Å². The normalized spacial score (nSPS) is 11.3. The number of hydrogen-bond acceptors (Lipinski definition) is 7. The van der Waals surface area contributed by atoms with Gasteiger partial charge < -0.3 is 25.7 Å². The zero-order chi connectivity index (χ0) is 21.0. The molecule has 8 nitrogen and oxygen atoms in total. The highest BCUT2D eigenvalue weighted by molar-refractivity contribution is 5.68. The number of aromatic hydroxyl groups is 3. The van der Waals surface area contributed by atoms with Crippen LogP contribution in [0.25, 0.3) is 11.4 Å². The van der Waals surface area contributed by atoms with Crippen LogP contribution in [0.2, 0.25) is 0 Å². The number of nitrogens with zero attached hydrogens (tertiary/aromatic N) is 3. The molecule has 0 fully saturated rings. The summed E-state index contributed by atoms with van der Waals surface area (Å²) in [6.45, 7) is 5.48. The highest BCUT2D eigenvalue weighted by Crippen LogP contribution is 2.38. The van der Waals surface area contributed by atoms with E-state index >= 15 is 0 Å². The maximum absolute atomic E-state index is 10.3. The van der Waals surface area contributed by atoms with E-state index in [1.807, 2.05) is 38.1 Å². The van der Waals surface area contributed by atoms with Crippen LogP contribution in [0.5, 0.6) is 17.5 Å². The fourth-order valence-electron chi connectivity index (χ4n) is 3.13. The smallest absolute Gasteiger partial charge is 0.315 e. The monoisotopic (exact) mass is 398 g/mol. The number of aliphatic hydroxyl groups is 1. The van der Waals surface area contributed by atoms with Crippen molar-refractivity contribution in [1.29, 1.82) is 0 Å². The summed E-state index contributed by atoms with van der Waals surface area (Å²) in [7, 11) is 0. The van der Waals surface area contributed by atoms with E-state index in [4.69, 9.17) is 5.11 Å². The molecule has 8 heteroatoms. The maximum atomic E-state index is 10.3. The van der Waals surface area contributed by atoms with Crippen molar-refractivity contribution in [3.63, 3.8) is 0 Å². The molecular weight excluding hydrogens is 372 g/mol. The first kappa shape index (κ1) is 20.6. The molecule has 29 heavy (non-hydrogen) atoms. The van der Waals surface area contributed by atoms with Gasteiger partial charge >= 0.3 is 6.01 Å². The van der Waals surface area contributed by atoms with E-state index in [1.54, 1.807) is 6.07 Å². The lowest BCUT2D eigenvalue weighted by molar-refractivity contribution is 0.292. The standard InChI is InChI=1S/C21H26N4O4/c1-13(2)16-9-17(19(28)10-18(16)27)20-23-24-21(29)25(20)12-15-5-3-14(4-6-15)11-22-7-8-26/h3-6,9-10,13,22,26-28H,7-8,11-12H2,1-2H3,(H,24,29). The third kappa shape index (κ3) is 4.67. The zero-order valence-corrected chi connectivity index (χ0v) is 16.5. The third-order valence-corrected chi connectivity index (χ3v) is 4.72. The number of aromatic nitrogens is 3. The summed E-state index contributed by atoms with van der Waals surface area (Å²) in [4.78, 5) is 0. The molecule has 0 aliphatic rings. The molecule has 3 rings (SSSR count). The molecule has 0 saturated carbocycles. The van der Waals surface area contributed by atoms with Gasteiger partial charge in [0.2, 0.25) is 0 Å². The highest BCUT2D eigenvalue weighted by atomic mass is 16.3. The maximum Gasteiger partial charge on any atom is 0.315 e. The van der Waals surface area contributed by atoms with Crippen LogP contribution in [0, 0.1) is 0 Å². The van der Waals surface area contributed by atoms with E-state index in [0.29, 0.717) is 36.6 Å². The molecular formula is C21H26N4O4. The van der Waals surface area contributed by atoms with Crippen molar-refractivity contribution in [2.45, 2.75) is 32.9 Å². The van der Waals surface area contributed by atoms with Crippen molar-refractivity contribution < 1.29 is 20.4 Å². The van der Waals surface area contributed by atoms with Crippen molar-refractivity contribution >= 4 is 0 Å². The van der Waals surface area contributed by atoms with Crippen LogP contribution in [-0.4, -0.2) is 48.3 Å². The van der Waals surface area contributed by atoms with Crippen LogP contribution in [0.15, 0.2) is 36.4 Å². The minimum atomic E-state index is -0.257. The lowest BCUT2D eigenvalue weighted by atomic mass is 9.98. The summed E-state index contributed by atoms with van der Waals surface area (Å²) < 4.78 is 1.51. The van der Waals surface area contributed by atoms with Gasteiger partial charge in [-0.1, -0.05) is 43.2 Å². The number of phenols is 2. The largest absolute Gasteiger partial charge is 0.508 e. The Hall–Kier alpha value is -3.10.